The van der Waals surface area contributed by atoms with Gasteiger partial charge >= 0.3 is 0 Å². The maximum Gasteiger partial charge on any atom is 0.231 e. The van der Waals surface area contributed by atoms with E-state index in [0.29, 0.717) is 0 Å². The van der Waals surface area contributed by atoms with Crippen molar-refractivity contribution in [1.29, 1.82) is 5.26 Å². The summed E-state index contributed by atoms with van der Waals surface area (Å²) in [7, 11) is 0. The van der Waals surface area contributed by atoms with E-state index in [1.807, 2.05) is 25.1 Å². The molecule has 1 aromatic carbocycles. The number of para-hydroxylation sites is 1. The molecular formula is C16H21N3OS. The van der Waals surface area contributed by atoms with Crippen LogP contribution in [0.1, 0.15) is 37.7 Å². The van der Waals surface area contributed by atoms with E-state index >= 15 is 0 Å². The fourth-order valence-electron chi connectivity index (χ4n) is 2.65. The smallest absolute Gasteiger partial charge is 0.231 e. The molecule has 0 atom stereocenters. The summed E-state index contributed by atoms with van der Waals surface area (Å²) in [5.41, 5.74) is 7.08. The van der Waals surface area contributed by atoms with Crippen molar-refractivity contribution >= 4 is 23.4 Å². The third-order valence-electron chi connectivity index (χ3n) is 3.94. The molecular weight excluding hydrogens is 282 g/mol. The number of amides is 1. The number of carbonyl (C=O) groups is 1. The van der Waals surface area contributed by atoms with E-state index in [-0.39, 0.29) is 11.7 Å². The van der Waals surface area contributed by atoms with Gasteiger partial charge in [-0.1, -0.05) is 31.4 Å². The number of thioether (sulfide) groups is 1. The Bertz CT molecular complexity index is 559. The van der Waals surface area contributed by atoms with Gasteiger partial charge in [-0.2, -0.15) is 5.26 Å². The number of benzene rings is 1. The van der Waals surface area contributed by atoms with Crippen molar-refractivity contribution in [2.24, 2.45) is 0 Å². The summed E-state index contributed by atoms with van der Waals surface area (Å²) in [6, 6.07) is 8.10. The molecule has 0 heterocycles. The number of hydrogen-bond acceptors (Lipinski definition) is 4. The average molecular weight is 303 g/mol. The lowest BCUT2D eigenvalue weighted by Gasteiger charge is -2.31. The van der Waals surface area contributed by atoms with Crippen LogP contribution in [0.2, 0.25) is 0 Å². The van der Waals surface area contributed by atoms with Crippen LogP contribution in [0, 0.1) is 18.3 Å². The molecule has 112 valence electrons. The highest BCUT2D eigenvalue weighted by molar-refractivity contribution is 8.00. The third kappa shape index (κ3) is 3.92. The van der Waals surface area contributed by atoms with Crippen LogP contribution in [0.25, 0.3) is 0 Å². The Kier molecular flexibility index (Phi) is 5.13. The van der Waals surface area contributed by atoms with E-state index in [0.717, 1.165) is 48.3 Å². The normalized spacial score (nSPS) is 17.0. The van der Waals surface area contributed by atoms with Crippen LogP contribution in [-0.2, 0) is 4.79 Å². The zero-order chi connectivity index (χ0) is 15.3. The van der Waals surface area contributed by atoms with Crippen molar-refractivity contribution in [3.8, 4) is 6.07 Å². The largest absolute Gasteiger partial charge is 0.398 e. The summed E-state index contributed by atoms with van der Waals surface area (Å²) in [6.07, 6.45) is 4.67. The van der Waals surface area contributed by atoms with E-state index in [2.05, 4.69) is 11.4 Å². The van der Waals surface area contributed by atoms with Gasteiger partial charge < -0.3 is 11.1 Å². The fraction of sp³-hybridized carbons (Fsp3) is 0.500. The van der Waals surface area contributed by atoms with Gasteiger partial charge in [0.15, 0.2) is 0 Å². The van der Waals surface area contributed by atoms with E-state index in [4.69, 9.17) is 5.73 Å². The molecule has 1 aromatic rings. The standard InChI is InChI=1S/C16H21N3OS/c1-12-6-5-7-13(15(12)18)21-10-14(20)19-16(11-17)8-3-2-4-9-16/h5-7H,2-4,8-10,18H2,1H3,(H,19,20). The first-order valence-electron chi connectivity index (χ1n) is 7.26. The predicted molar refractivity (Wildman–Crippen MR) is 85.9 cm³/mol. The summed E-state index contributed by atoms with van der Waals surface area (Å²) in [6.45, 7) is 1.95. The first-order chi connectivity index (χ1) is 10.1. The second kappa shape index (κ2) is 6.86. The highest BCUT2D eigenvalue weighted by Gasteiger charge is 2.33. The molecule has 1 aliphatic carbocycles. The Hall–Kier alpha value is -1.67. The van der Waals surface area contributed by atoms with Gasteiger partial charge in [0.05, 0.1) is 11.8 Å². The highest BCUT2D eigenvalue weighted by Crippen LogP contribution is 2.29. The Morgan fingerprint density at radius 3 is 2.81 bits per heavy atom. The Morgan fingerprint density at radius 2 is 2.14 bits per heavy atom. The van der Waals surface area contributed by atoms with Crippen LogP contribution < -0.4 is 11.1 Å². The summed E-state index contributed by atoms with van der Waals surface area (Å²) < 4.78 is 0. The number of nitrogens with two attached hydrogens (primary N) is 1. The second-order valence-electron chi connectivity index (χ2n) is 5.58. The van der Waals surface area contributed by atoms with Crippen molar-refractivity contribution < 1.29 is 4.79 Å². The van der Waals surface area contributed by atoms with Crippen LogP contribution in [-0.4, -0.2) is 17.2 Å². The van der Waals surface area contributed by atoms with Crippen LogP contribution in [0.3, 0.4) is 0 Å². The lowest BCUT2D eigenvalue weighted by atomic mass is 9.83. The molecule has 0 spiro atoms. The molecule has 0 radical (unpaired) electrons. The number of anilines is 1. The number of aryl methyl sites for hydroxylation is 1. The minimum atomic E-state index is -0.659. The second-order valence-corrected chi connectivity index (χ2v) is 6.60. The maximum atomic E-state index is 12.1. The molecule has 0 unspecified atom stereocenters. The zero-order valence-electron chi connectivity index (χ0n) is 12.3. The Balaban J connectivity index is 1.93. The molecule has 0 bridgehead atoms. The van der Waals surface area contributed by atoms with Gasteiger partial charge in [-0.3, -0.25) is 4.79 Å². The van der Waals surface area contributed by atoms with Gasteiger partial charge in [0.25, 0.3) is 0 Å². The molecule has 3 N–H and O–H groups in total. The number of carbonyl (C=O) groups excluding carboxylic acids is 1. The Morgan fingerprint density at radius 1 is 1.43 bits per heavy atom. The zero-order valence-corrected chi connectivity index (χ0v) is 13.1. The van der Waals surface area contributed by atoms with E-state index in [1.54, 1.807) is 0 Å². The Labute approximate surface area is 130 Å². The molecule has 1 fully saturated rings. The number of nitrogens with one attached hydrogen (secondary N) is 1. The van der Waals surface area contributed by atoms with E-state index in [1.165, 1.54) is 11.8 Å². The minimum absolute atomic E-state index is 0.0932. The topological polar surface area (TPSA) is 78.9 Å². The van der Waals surface area contributed by atoms with Crippen LogP contribution >= 0.6 is 11.8 Å². The number of nitrogens with zero attached hydrogens (tertiary/aromatic N) is 1. The maximum absolute atomic E-state index is 12.1. The highest BCUT2D eigenvalue weighted by atomic mass is 32.2. The van der Waals surface area contributed by atoms with Crippen molar-refractivity contribution in [3.63, 3.8) is 0 Å². The number of nitrogen functional groups attached to an aromatic ring is 1. The average Bonchev–Trinajstić information content (AvgIpc) is 2.50. The molecule has 1 saturated carbocycles. The van der Waals surface area contributed by atoms with Crippen molar-refractivity contribution in [3.05, 3.63) is 23.8 Å². The van der Waals surface area contributed by atoms with Crippen molar-refractivity contribution in [2.45, 2.75) is 49.5 Å². The molecule has 4 nitrogen and oxygen atoms in total. The first kappa shape index (κ1) is 15.7. The van der Waals surface area contributed by atoms with Crippen molar-refractivity contribution in [1.82, 2.24) is 5.32 Å². The lowest BCUT2D eigenvalue weighted by molar-refractivity contribution is -0.120. The molecule has 1 amide bonds. The van der Waals surface area contributed by atoms with Gasteiger partial charge in [0.1, 0.15) is 5.54 Å². The van der Waals surface area contributed by atoms with Gasteiger partial charge in [0.2, 0.25) is 5.91 Å². The number of nitriles is 1. The third-order valence-corrected chi connectivity index (χ3v) is 5.02. The van der Waals surface area contributed by atoms with E-state index < -0.39 is 5.54 Å². The summed E-state index contributed by atoms with van der Waals surface area (Å²) in [5.74, 6) is 0.196. The molecule has 1 aliphatic rings. The SMILES string of the molecule is Cc1cccc(SCC(=O)NC2(C#N)CCCCC2)c1N. The minimum Gasteiger partial charge on any atom is -0.398 e. The monoisotopic (exact) mass is 303 g/mol. The summed E-state index contributed by atoms with van der Waals surface area (Å²) in [5, 5.41) is 12.3. The summed E-state index contributed by atoms with van der Waals surface area (Å²) >= 11 is 1.42. The first-order valence-corrected chi connectivity index (χ1v) is 8.25. The quantitative estimate of drug-likeness (QED) is 0.662. The lowest BCUT2D eigenvalue weighted by Crippen LogP contribution is -2.49. The number of rotatable bonds is 4. The summed E-state index contributed by atoms with van der Waals surface area (Å²) in [4.78, 5) is 13.0. The van der Waals surface area contributed by atoms with Crippen LogP contribution in [0.15, 0.2) is 23.1 Å². The molecule has 5 heteroatoms. The van der Waals surface area contributed by atoms with Crippen LogP contribution in [0.4, 0.5) is 5.69 Å². The van der Waals surface area contributed by atoms with Gasteiger partial charge in [-0.05, 0) is 31.4 Å². The van der Waals surface area contributed by atoms with Crippen LogP contribution in [0.5, 0.6) is 0 Å². The molecule has 0 saturated heterocycles. The molecule has 21 heavy (non-hydrogen) atoms. The number of hydrogen-bond donors (Lipinski definition) is 2. The molecule has 0 aromatic heterocycles. The fourth-order valence-corrected chi connectivity index (χ4v) is 3.50. The van der Waals surface area contributed by atoms with Gasteiger partial charge in [-0.15, -0.1) is 11.8 Å². The van der Waals surface area contributed by atoms with Gasteiger partial charge in [-0.25, -0.2) is 0 Å². The van der Waals surface area contributed by atoms with Crippen molar-refractivity contribution in [2.75, 3.05) is 11.5 Å². The molecule has 2 rings (SSSR count). The van der Waals surface area contributed by atoms with E-state index in [9.17, 15) is 10.1 Å². The molecule has 0 aliphatic heterocycles. The predicted octanol–water partition coefficient (Wildman–Crippen LogP) is 3.01. The van der Waals surface area contributed by atoms with Gasteiger partial charge in [0, 0.05) is 10.6 Å².